The highest BCUT2D eigenvalue weighted by atomic mass is 31.2. The molecule has 0 rings (SSSR count). The van der Waals surface area contributed by atoms with Gasteiger partial charge in [-0.25, -0.2) is 9.13 Å². The highest BCUT2D eigenvalue weighted by Gasteiger charge is 2.30. The molecule has 0 radical (unpaired) electrons. The smallest absolute Gasteiger partial charge is 0.462 e. The molecule has 0 aliphatic heterocycles. The van der Waals surface area contributed by atoms with Gasteiger partial charge in [-0.2, -0.15) is 0 Å². The lowest BCUT2D eigenvalue weighted by molar-refractivity contribution is -0.161. The van der Waals surface area contributed by atoms with Gasteiger partial charge in [0.1, 0.15) is 19.3 Å². The molecule has 0 aromatic rings. The van der Waals surface area contributed by atoms with Crippen LogP contribution in [0.2, 0.25) is 0 Å². The molecular formula is C81H154O17P2. The number of hydrogen-bond donors (Lipinski definition) is 3. The van der Waals surface area contributed by atoms with E-state index in [1.807, 2.05) is 0 Å². The molecule has 0 aromatic heterocycles. The minimum absolute atomic E-state index is 0.102. The molecule has 2 unspecified atom stereocenters. The summed E-state index contributed by atoms with van der Waals surface area (Å²) in [5.41, 5.74) is 0. The first-order valence-corrected chi connectivity index (χ1v) is 44.4. The van der Waals surface area contributed by atoms with Gasteiger partial charge >= 0.3 is 39.5 Å². The summed E-state index contributed by atoms with van der Waals surface area (Å²) in [6.45, 7) is 7.26. The van der Waals surface area contributed by atoms with Gasteiger partial charge in [-0.1, -0.05) is 354 Å². The number of phosphoric acid groups is 2. The van der Waals surface area contributed by atoms with Crippen LogP contribution >= 0.6 is 15.6 Å². The number of aliphatic hydroxyl groups excluding tert-OH is 1. The highest BCUT2D eigenvalue weighted by molar-refractivity contribution is 7.47. The molecule has 0 amide bonds. The molecule has 0 aliphatic carbocycles. The number of ether oxygens (including phenoxy) is 4. The van der Waals surface area contributed by atoms with Gasteiger partial charge in [0.25, 0.3) is 0 Å². The topological polar surface area (TPSA) is 237 Å². The zero-order valence-corrected chi connectivity index (χ0v) is 66.6. The molecule has 5 atom stereocenters. The van der Waals surface area contributed by atoms with E-state index in [2.05, 4.69) is 58.9 Å². The van der Waals surface area contributed by atoms with Gasteiger partial charge in [0.2, 0.25) is 0 Å². The van der Waals surface area contributed by atoms with Crippen molar-refractivity contribution in [3.8, 4) is 0 Å². The minimum Gasteiger partial charge on any atom is -0.462 e. The second kappa shape index (κ2) is 73.4. The van der Waals surface area contributed by atoms with E-state index in [0.29, 0.717) is 25.7 Å². The van der Waals surface area contributed by atoms with Crippen LogP contribution in [0.1, 0.15) is 407 Å². The van der Waals surface area contributed by atoms with Gasteiger partial charge in [0.05, 0.1) is 26.4 Å². The molecule has 0 saturated heterocycles. The molecule has 0 bridgehead atoms. The normalized spacial score (nSPS) is 14.0. The van der Waals surface area contributed by atoms with Crippen LogP contribution in [0.5, 0.6) is 0 Å². The Hall–Kier alpha value is -2.46. The summed E-state index contributed by atoms with van der Waals surface area (Å²) in [5, 5.41) is 10.6. The Morgan fingerprint density at radius 2 is 0.540 bits per heavy atom. The van der Waals surface area contributed by atoms with Crippen molar-refractivity contribution in [3.05, 3.63) is 24.3 Å². The highest BCUT2D eigenvalue weighted by Crippen LogP contribution is 2.45. The van der Waals surface area contributed by atoms with Gasteiger partial charge < -0.3 is 33.8 Å². The van der Waals surface area contributed by atoms with Crippen molar-refractivity contribution >= 4 is 39.5 Å². The summed E-state index contributed by atoms with van der Waals surface area (Å²) < 4.78 is 68.7. The number of unbranched alkanes of at least 4 members (excludes halogenated alkanes) is 48. The van der Waals surface area contributed by atoms with E-state index < -0.39 is 97.5 Å². The fourth-order valence-electron chi connectivity index (χ4n) is 12.0. The van der Waals surface area contributed by atoms with Crippen LogP contribution in [0.15, 0.2) is 24.3 Å². The van der Waals surface area contributed by atoms with Crippen LogP contribution in [0.3, 0.4) is 0 Å². The summed E-state index contributed by atoms with van der Waals surface area (Å²) in [6.07, 6.45) is 67.4. The van der Waals surface area contributed by atoms with E-state index in [0.717, 1.165) is 115 Å². The Kier molecular flexibility index (Phi) is 71.6. The lowest BCUT2D eigenvalue weighted by Crippen LogP contribution is -2.30. The summed E-state index contributed by atoms with van der Waals surface area (Å²) >= 11 is 0. The van der Waals surface area contributed by atoms with Crippen molar-refractivity contribution in [1.82, 2.24) is 0 Å². The summed E-state index contributed by atoms with van der Waals surface area (Å²) in [5.74, 6) is -1.36. The van der Waals surface area contributed by atoms with Gasteiger partial charge in [-0.3, -0.25) is 37.3 Å². The fraction of sp³-hybridized carbons (Fsp3) is 0.901. The summed E-state index contributed by atoms with van der Waals surface area (Å²) in [6, 6.07) is 0. The second-order valence-corrected chi connectivity index (χ2v) is 31.9. The first-order valence-electron chi connectivity index (χ1n) is 41.5. The average molecular weight is 1460 g/mol. The number of hydrogen-bond acceptors (Lipinski definition) is 15. The SMILES string of the molecule is CCCCCC/C=C\C=C/CCCCCCCC(=O)OC[C@H](COP(=O)(O)OC[C@@H](O)COP(=O)(O)OC[C@@H](COC(=O)CCCCCCCCCCCC)OC(=O)CCCCCCCCCCCCCCC(C)C)OC(=O)CCCCCCCCCCCCCCCCCCCCCC. The largest absolute Gasteiger partial charge is 0.472 e. The first kappa shape index (κ1) is 97.5. The van der Waals surface area contributed by atoms with E-state index in [9.17, 15) is 43.2 Å². The Labute approximate surface area is 612 Å². The van der Waals surface area contributed by atoms with Crippen molar-refractivity contribution in [1.29, 1.82) is 0 Å². The lowest BCUT2D eigenvalue weighted by Gasteiger charge is -2.21. The molecule has 3 N–H and O–H groups in total. The number of phosphoric ester groups is 2. The van der Waals surface area contributed by atoms with Gasteiger partial charge in [0.15, 0.2) is 12.2 Å². The molecule has 17 nitrogen and oxygen atoms in total. The minimum atomic E-state index is -4.97. The quantitative estimate of drug-likeness (QED) is 0.0169. The monoisotopic (exact) mass is 1460 g/mol. The molecule has 0 fully saturated rings. The summed E-state index contributed by atoms with van der Waals surface area (Å²) in [7, 11) is -9.93. The Bertz CT molecular complexity index is 2000. The molecule has 100 heavy (non-hydrogen) atoms. The van der Waals surface area contributed by atoms with Crippen molar-refractivity contribution in [2.24, 2.45) is 5.92 Å². The standard InChI is InChI=1S/C81H154O17P2/c1-6-9-12-15-18-21-24-26-28-29-30-31-32-34-36-41-46-51-56-61-66-80(85)98-77(71-92-79(84)65-60-55-50-45-40-35-33-27-25-22-19-16-13-10-7-2)73-96-100(89,90)94-69-75(82)68-93-99(87,88)95-72-76(70-91-78(83)64-59-54-49-44-23-20-17-14-11-8-3)97-81(86)67-62-57-52-47-42-38-37-39-43-48-53-58-63-74(4)5/h22,25,27,33,74-77,82H,6-21,23-24,26,28-32,34-73H2,1-5H3,(H,87,88)(H,89,90)/b25-22-,33-27-/t75-,76+,77+/m0/s1. The van der Waals surface area contributed by atoms with Crippen LogP contribution in [0.4, 0.5) is 0 Å². The van der Waals surface area contributed by atoms with E-state index in [-0.39, 0.29) is 25.7 Å². The van der Waals surface area contributed by atoms with Crippen molar-refractivity contribution in [3.63, 3.8) is 0 Å². The average Bonchev–Trinajstić information content (AvgIpc) is 0.932. The number of allylic oxidation sites excluding steroid dienone is 4. The predicted octanol–water partition coefficient (Wildman–Crippen LogP) is 24.0. The van der Waals surface area contributed by atoms with E-state index in [1.54, 1.807) is 0 Å². The van der Waals surface area contributed by atoms with E-state index in [4.69, 9.17) is 37.0 Å². The lowest BCUT2D eigenvalue weighted by atomic mass is 10.0. The zero-order valence-electron chi connectivity index (χ0n) is 64.8. The van der Waals surface area contributed by atoms with E-state index >= 15 is 0 Å². The molecule has 590 valence electrons. The van der Waals surface area contributed by atoms with Crippen molar-refractivity contribution in [2.45, 2.75) is 425 Å². The van der Waals surface area contributed by atoms with Crippen LogP contribution in [-0.2, 0) is 65.4 Å². The van der Waals surface area contributed by atoms with Crippen LogP contribution in [0, 0.1) is 5.92 Å². The van der Waals surface area contributed by atoms with E-state index in [1.165, 1.54) is 212 Å². The maximum atomic E-state index is 13.1. The van der Waals surface area contributed by atoms with Crippen molar-refractivity contribution < 1.29 is 80.2 Å². The molecule has 0 spiro atoms. The Morgan fingerprint density at radius 3 is 0.820 bits per heavy atom. The summed E-state index contributed by atoms with van der Waals surface area (Å²) in [4.78, 5) is 73.0. The van der Waals surface area contributed by atoms with Crippen LogP contribution in [-0.4, -0.2) is 96.7 Å². The van der Waals surface area contributed by atoms with Crippen molar-refractivity contribution in [2.75, 3.05) is 39.6 Å². The number of carbonyl (C=O) groups excluding carboxylic acids is 4. The molecule has 19 heteroatoms. The molecule has 0 aliphatic rings. The van der Waals surface area contributed by atoms with Gasteiger partial charge in [-0.05, 0) is 57.3 Å². The van der Waals surface area contributed by atoms with Gasteiger partial charge in [-0.15, -0.1) is 0 Å². The number of esters is 4. The molecule has 0 saturated carbocycles. The molecule has 0 heterocycles. The number of aliphatic hydroxyl groups is 1. The number of rotatable bonds is 79. The Morgan fingerprint density at radius 1 is 0.310 bits per heavy atom. The third-order valence-electron chi connectivity index (χ3n) is 18.4. The van der Waals surface area contributed by atoms with Gasteiger partial charge in [0, 0.05) is 25.7 Å². The maximum Gasteiger partial charge on any atom is 0.472 e. The van der Waals surface area contributed by atoms with Crippen LogP contribution in [0.25, 0.3) is 0 Å². The third kappa shape index (κ3) is 73.8. The second-order valence-electron chi connectivity index (χ2n) is 29.0. The van der Waals surface area contributed by atoms with Crippen LogP contribution < -0.4 is 0 Å². The maximum absolute atomic E-state index is 13.1. The molecular weight excluding hydrogens is 1310 g/mol. The number of carbonyl (C=O) groups is 4. The Balaban J connectivity index is 5.26. The first-order chi connectivity index (χ1) is 48.5. The third-order valence-corrected chi connectivity index (χ3v) is 20.3. The fourth-order valence-corrected chi connectivity index (χ4v) is 13.6. The molecule has 0 aromatic carbocycles. The zero-order chi connectivity index (χ0) is 73.4. The predicted molar refractivity (Wildman–Crippen MR) is 409 cm³/mol.